The zero-order valence-electron chi connectivity index (χ0n) is 14.0. The normalized spacial score (nSPS) is 11.4. The van der Waals surface area contributed by atoms with E-state index < -0.39 is 0 Å². The summed E-state index contributed by atoms with van der Waals surface area (Å²) >= 11 is 1.66. The second-order valence-electron chi connectivity index (χ2n) is 5.06. The Kier molecular flexibility index (Phi) is 6.34. The van der Waals surface area contributed by atoms with Gasteiger partial charge in [0, 0.05) is 25.0 Å². The van der Waals surface area contributed by atoms with Gasteiger partial charge in [-0.15, -0.1) is 11.3 Å². The molecule has 0 aliphatic heterocycles. The first-order valence-electron chi connectivity index (χ1n) is 7.52. The van der Waals surface area contributed by atoms with Crippen molar-refractivity contribution in [3.05, 3.63) is 40.0 Å². The zero-order chi connectivity index (χ0) is 16.7. The molecule has 6 nitrogen and oxygen atoms in total. The van der Waals surface area contributed by atoms with Gasteiger partial charge in [-0.3, -0.25) is 0 Å². The third-order valence-electron chi connectivity index (χ3n) is 3.14. The van der Waals surface area contributed by atoms with Crippen LogP contribution < -0.4 is 10.1 Å². The number of rotatable bonds is 6. The quantitative estimate of drug-likeness (QED) is 0.650. The van der Waals surface area contributed by atoms with Gasteiger partial charge in [0.1, 0.15) is 0 Å². The lowest BCUT2D eigenvalue weighted by Gasteiger charge is -2.21. The third-order valence-corrected chi connectivity index (χ3v) is 3.97. The van der Waals surface area contributed by atoms with Crippen LogP contribution in [0, 0.1) is 6.92 Å². The predicted molar refractivity (Wildman–Crippen MR) is 93.9 cm³/mol. The number of pyridine rings is 1. The molecule has 0 atom stereocenters. The zero-order valence-corrected chi connectivity index (χ0v) is 14.9. The van der Waals surface area contributed by atoms with Gasteiger partial charge in [0.05, 0.1) is 36.6 Å². The smallest absolute Gasteiger partial charge is 0.213 e. The van der Waals surface area contributed by atoms with Crippen LogP contribution in [0.3, 0.4) is 0 Å². The molecule has 0 unspecified atom stereocenters. The van der Waals surface area contributed by atoms with Gasteiger partial charge < -0.3 is 15.0 Å². The molecule has 0 saturated heterocycles. The summed E-state index contributed by atoms with van der Waals surface area (Å²) in [7, 11) is 3.62. The molecule has 0 aliphatic rings. The fraction of sp³-hybridized carbons (Fsp3) is 0.438. The highest BCUT2D eigenvalue weighted by molar-refractivity contribution is 7.09. The molecule has 2 rings (SSSR count). The lowest BCUT2D eigenvalue weighted by Crippen LogP contribution is -2.38. The number of nitrogens with zero attached hydrogens (tertiary/aromatic N) is 4. The highest BCUT2D eigenvalue weighted by Crippen LogP contribution is 2.11. The summed E-state index contributed by atoms with van der Waals surface area (Å²) in [5.74, 6) is 1.44. The molecule has 2 heterocycles. The maximum atomic E-state index is 5.15. The second kappa shape index (κ2) is 8.47. The van der Waals surface area contributed by atoms with Crippen molar-refractivity contribution in [1.82, 2.24) is 20.2 Å². The molecule has 0 amide bonds. The van der Waals surface area contributed by atoms with Crippen LogP contribution in [-0.4, -0.2) is 41.5 Å². The average molecular weight is 333 g/mol. The maximum Gasteiger partial charge on any atom is 0.213 e. The van der Waals surface area contributed by atoms with Crippen molar-refractivity contribution in [3.8, 4) is 5.88 Å². The van der Waals surface area contributed by atoms with Crippen molar-refractivity contribution in [2.24, 2.45) is 4.99 Å². The van der Waals surface area contributed by atoms with E-state index in [-0.39, 0.29) is 0 Å². The lowest BCUT2D eigenvalue weighted by atomic mass is 10.3. The first-order valence-corrected chi connectivity index (χ1v) is 8.40. The van der Waals surface area contributed by atoms with Gasteiger partial charge in [-0.2, -0.15) is 0 Å². The minimum absolute atomic E-state index is 0.500. The molecule has 23 heavy (non-hydrogen) atoms. The molecule has 124 valence electrons. The van der Waals surface area contributed by atoms with Gasteiger partial charge in [-0.05, 0) is 19.9 Å². The van der Waals surface area contributed by atoms with Crippen molar-refractivity contribution >= 4 is 17.3 Å². The van der Waals surface area contributed by atoms with Crippen LogP contribution in [0.2, 0.25) is 0 Å². The first kappa shape index (κ1) is 17.2. The molecular formula is C16H23N5OS. The minimum atomic E-state index is 0.500. The molecule has 0 spiro atoms. The summed E-state index contributed by atoms with van der Waals surface area (Å²) in [6.45, 7) is 6.11. The summed E-state index contributed by atoms with van der Waals surface area (Å²) in [6, 6.07) is 5.69. The van der Waals surface area contributed by atoms with Crippen LogP contribution >= 0.6 is 11.3 Å². The highest BCUT2D eigenvalue weighted by atomic mass is 32.1. The number of aromatic nitrogens is 2. The summed E-state index contributed by atoms with van der Waals surface area (Å²) in [5.41, 5.74) is 1.93. The van der Waals surface area contributed by atoms with E-state index in [9.17, 15) is 0 Å². The van der Waals surface area contributed by atoms with Gasteiger partial charge in [-0.25, -0.2) is 15.0 Å². The Balaban J connectivity index is 2.06. The summed E-state index contributed by atoms with van der Waals surface area (Å²) in [4.78, 5) is 15.6. The Hall–Kier alpha value is -2.15. The van der Waals surface area contributed by atoms with E-state index in [1.807, 2.05) is 32.2 Å². The Labute approximate surface area is 141 Å². The SMILES string of the molecule is CCNC(=NCc1cccc(OC)n1)N(C)Cc1csc(C)n1. The second-order valence-corrected chi connectivity index (χ2v) is 6.12. The number of methoxy groups -OCH3 is 1. The van der Waals surface area contributed by atoms with E-state index in [2.05, 4.69) is 37.5 Å². The van der Waals surface area contributed by atoms with Crippen molar-refractivity contribution in [1.29, 1.82) is 0 Å². The third kappa shape index (κ3) is 5.21. The number of hydrogen-bond donors (Lipinski definition) is 1. The van der Waals surface area contributed by atoms with E-state index in [0.29, 0.717) is 12.4 Å². The van der Waals surface area contributed by atoms with Gasteiger partial charge in [0.25, 0.3) is 0 Å². The number of ether oxygens (including phenoxy) is 1. The molecule has 2 aromatic rings. The Morgan fingerprint density at radius 1 is 1.35 bits per heavy atom. The molecule has 0 saturated carbocycles. The van der Waals surface area contributed by atoms with E-state index in [0.717, 1.165) is 35.4 Å². The Morgan fingerprint density at radius 2 is 2.17 bits per heavy atom. The molecule has 0 bridgehead atoms. The van der Waals surface area contributed by atoms with Crippen LogP contribution in [0.5, 0.6) is 5.88 Å². The van der Waals surface area contributed by atoms with E-state index >= 15 is 0 Å². The molecule has 2 aromatic heterocycles. The Bertz CT molecular complexity index is 655. The van der Waals surface area contributed by atoms with Gasteiger partial charge >= 0.3 is 0 Å². The Morgan fingerprint density at radius 3 is 2.83 bits per heavy atom. The molecule has 7 heteroatoms. The highest BCUT2D eigenvalue weighted by Gasteiger charge is 2.09. The van der Waals surface area contributed by atoms with E-state index in [1.165, 1.54) is 0 Å². The number of hydrogen-bond acceptors (Lipinski definition) is 5. The van der Waals surface area contributed by atoms with Crippen molar-refractivity contribution in [2.45, 2.75) is 26.9 Å². The number of aryl methyl sites for hydroxylation is 1. The van der Waals surface area contributed by atoms with Gasteiger partial charge in [0.2, 0.25) is 5.88 Å². The molecule has 0 aliphatic carbocycles. The van der Waals surface area contributed by atoms with Crippen molar-refractivity contribution in [2.75, 3.05) is 20.7 Å². The monoisotopic (exact) mass is 333 g/mol. The molecule has 0 fully saturated rings. The van der Waals surface area contributed by atoms with E-state index in [1.54, 1.807) is 18.4 Å². The van der Waals surface area contributed by atoms with Crippen LogP contribution in [0.1, 0.15) is 23.3 Å². The summed E-state index contributed by atoms with van der Waals surface area (Å²) in [5, 5.41) is 6.46. The van der Waals surface area contributed by atoms with Crippen molar-refractivity contribution in [3.63, 3.8) is 0 Å². The molecular weight excluding hydrogens is 310 g/mol. The van der Waals surface area contributed by atoms with Crippen LogP contribution in [-0.2, 0) is 13.1 Å². The average Bonchev–Trinajstić information content (AvgIpc) is 2.96. The van der Waals surface area contributed by atoms with Crippen LogP contribution in [0.4, 0.5) is 0 Å². The molecule has 0 aromatic carbocycles. The van der Waals surface area contributed by atoms with E-state index in [4.69, 9.17) is 4.74 Å². The van der Waals surface area contributed by atoms with Crippen molar-refractivity contribution < 1.29 is 4.74 Å². The topological polar surface area (TPSA) is 62.6 Å². The minimum Gasteiger partial charge on any atom is -0.481 e. The van der Waals surface area contributed by atoms with Gasteiger partial charge in [0.15, 0.2) is 5.96 Å². The standard InChI is InChI=1S/C16H23N5OS/c1-5-17-16(21(3)10-14-11-23-12(2)19-14)18-9-13-7-6-8-15(20-13)22-4/h6-8,11H,5,9-10H2,1-4H3,(H,17,18). The first-order chi connectivity index (χ1) is 11.1. The summed E-state index contributed by atoms with van der Waals surface area (Å²) < 4.78 is 5.15. The number of aliphatic imine (C=N–C) groups is 1. The number of thiazole rings is 1. The molecule has 0 radical (unpaired) electrons. The molecule has 1 N–H and O–H groups in total. The van der Waals surface area contributed by atoms with Crippen LogP contribution in [0.15, 0.2) is 28.6 Å². The predicted octanol–water partition coefficient (Wildman–Crippen LogP) is 2.45. The summed E-state index contributed by atoms with van der Waals surface area (Å²) in [6.07, 6.45) is 0. The fourth-order valence-corrected chi connectivity index (χ4v) is 2.69. The fourth-order valence-electron chi connectivity index (χ4n) is 2.08. The number of nitrogens with one attached hydrogen (secondary N) is 1. The maximum absolute atomic E-state index is 5.15. The lowest BCUT2D eigenvalue weighted by molar-refractivity contribution is 0.396. The van der Waals surface area contributed by atoms with Crippen LogP contribution in [0.25, 0.3) is 0 Å². The number of guanidine groups is 1. The largest absolute Gasteiger partial charge is 0.481 e. The van der Waals surface area contributed by atoms with Gasteiger partial charge in [-0.1, -0.05) is 6.07 Å².